The van der Waals surface area contributed by atoms with Gasteiger partial charge in [-0.1, -0.05) is 31.5 Å². The van der Waals surface area contributed by atoms with Crippen LogP contribution in [0.4, 0.5) is 10.5 Å². The number of urea groups is 1. The highest BCUT2D eigenvalue weighted by Crippen LogP contribution is 2.16. The number of carbonyl (C=O) groups excluding carboxylic acids is 1. The van der Waals surface area contributed by atoms with E-state index in [1.54, 1.807) is 6.92 Å². The fraction of sp³-hybridized carbons (Fsp3) is 0.500. The van der Waals surface area contributed by atoms with Crippen LogP contribution in [0.5, 0.6) is 0 Å². The number of carboxylic acid groups (broad SMARTS) is 1. The highest BCUT2D eigenvalue weighted by Gasteiger charge is 2.26. The zero-order chi connectivity index (χ0) is 16.0. The largest absolute Gasteiger partial charge is 0.481 e. The molecule has 0 saturated carbocycles. The van der Waals surface area contributed by atoms with Crippen molar-refractivity contribution in [1.29, 1.82) is 0 Å². The molecule has 0 radical (unpaired) electrons. The van der Waals surface area contributed by atoms with Gasteiger partial charge in [0.1, 0.15) is 0 Å². The van der Waals surface area contributed by atoms with Crippen LogP contribution in [0.1, 0.15) is 32.8 Å². The van der Waals surface area contributed by atoms with Crippen molar-refractivity contribution in [1.82, 2.24) is 5.32 Å². The van der Waals surface area contributed by atoms with Gasteiger partial charge in [0, 0.05) is 11.7 Å². The van der Waals surface area contributed by atoms with Gasteiger partial charge in [-0.3, -0.25) is 4.79 Å². The van der Waals surface area contributed by atoms with Crippen molar-refractivity contribution in [2.24, 2.45) is 11.8 Å². The van der Waals surface area contributed by atoms with Crippen LogP contribution in [0.3, 0.4) is 0 Å². The van der Waals surface area contributed by atoms with Gasteiger partial charge in [0.25, 0.3) is 0 Å². The Bertz CT molecular complexity index is 483. The first-order valence-electron chi connectivity index (χ1n) is 7.16. The molecule has 3 N–H and O–H groups in total. The Labute approximate surface area is 125 Å². The lowest BCUT2D eigenvalue weighted by Gasteiger charge is -2.23. The summed E-state index contributed by atoms with van der Waals surface area (Å²) in [6, 6.07) is 6.59. The maximum atomic E-state index is 11.9. The summed E-state index contributed by atoms with van der Waals surface area (Å²) in [6.45, 7) is 7.62. The molecule has 0 aliphatic carbocycles. The Kier molecular flexibility index (Phi) is 6.21. The smallest absolute Gasteiger partial charge is 0.319 e. The highest BCUT2D eigenvalue weighted by atomic mass is 16.4. The quantitative estimate of drug-likeness (QED) is 0.753. The Hall–Kier alpha value is -2.04. The number of carbonyl (C=O) groups is 2. The molecule has 0 bridgehead atoms. The Balaban J connectivity index is 2.59. The highest BCUT2D eigenvalue weighted by molar-refractivity contribution is 5.89. The zero-order valence-electron chi connectivity index (χ0n) is 13.0. The van der Waals surface area contributed by atoms with Crippen molar-refractivity contribution in [2.75, 3.05) is 5.32 Å². The molecule has 2 amide bonds. The fourth-order valence-corrected chi connectivity index (χ4v) is 2.14. The van der Waals surface area contributed by atoms with Gasteiger partial charge in [0.2, 0.25) is 0 Å². The number of anilines is 1. The lowest BCUT2D eigenvalue weighted by molar-refractivity contribution is -0.143. The van der Waals surface area contributed by atoms with Crippen LogP contribution >= 0.6 is 0 Å². The van der Waals surface area contributed by atoms with Crippen LogP contribution in [0.2, 0.25) is 0 Å². The molecule has 0 saturated heterocycles. The molecule has 1 rings (SSSR count). The van der Waals surface area contributed by atoms with E-state index < -0.39 is 17.9 Å². The Morgan fingerprint density at radius 1 is 1.14 bits per heavy atom. The summed E-state index contributed by atoms with van der Waals surface area (Å²) < 4.78 is 0. The van der Waals surface area contributed by atoms with Gasteiger partial charge >= 0.3 is 12.0 Å². The number of hydrogen-bond donors (Lipinski definition) is 3. The molecule has 0 heterocycles. The SMILES string of the molecule is Cc1ccc(NC(=O)N[C@@H](C)[C@H](CC(C)C)C(=O)O)cc1. The predicted molar refractivity (Wildman–Crippen MR) is 83.4 cm³/mol. The minimum atomic E-state index is -0.883. The molecule has 1 aromatic carbocycles. The topological polar surface area (TPSA) is 78.4 Å². The molecular formula is C16H24N2O3. The number of benzene rings is 1. The van der Waals surface area contributed by atoms with Gasteiger partial charge in [-0.25, -0.2) is 4.79 Å². The van der Waals surface area contributed by atoms with Gasteiger partial charge in [-0.15, -0.1) is 0 Å². The van der Waals surface area contributed by atoms with E-state index in [1.807, 2.05) is 45.0 Å². The standard InChI is InChI=1S/C16H24N2O3/c1-10(2)9-14(15(19)20)12(4)17-16(21)18-13-7-5-11(3)6-8-13/h5-8,10,12,14H,9H2,1-4H3,(H,19,20)(H2,17,18,21)/t12-,14-/m0/s1. The molecule has 0 unspecified atom stereocenters. The van der Waals surface area contributed by atoms with Gasteiger partial charge in [0.15, 0.2) is 0 Å². The van der Waals surface area contributed by atoms with Crippen molar-refractivity contribution in [3.05, 3.63) is 29.8 Å². The summed E-state index contributed by atoms with van der Waals surface area (Å²) >= 11 is 0. The third-order valence-corrected chi connectivity index (χ3v) is 3.31. The fourth-order valence-electron chi connectivity index (χ4n) is 2.14. The van der Waals surface area contributed by atoms with E-state index in [9.17, 15) is 14.7 Å². The summed E-state index contributed by atoms with van der Waals surface area (Å²) in [7, 11) is 0. The first-order chi connectivity index (χ1) is 9.79. The number of hydrogen-bond acceptors (Lipinski definition) is 2. The van der Waals surface area contributed by atoms with Crippen LogP contribution in [-0.2, 0) is 4.79 Å². The van der Waals surface area contributed by atoms with Gasteiger partial charge < -0.3 is 15.7 Å². The molecule has 116 valence electrons. The van der Waals surface area contributed by atoms with E-state index in [1.165, 1.54) is 0 Å². The molecule has 0 fully saturated rings. The van der Waals surface area contributed by atoms with Crippen molar-refractivity contribution in [2.45, 2.75) is 40.2 Å². The third-order valence-electron chi connectivity index (χ3n) is 3.31. The monoisotopic (exact) mass is 292 g/mol. The lowest BCUT2D eigenvalue weighted by Crippen LogP contribution is -2.43. The van der Waals surface area contributed by atoms with E-state index >= 15 is 0 Å². The van der Waals surface area contributed by atoms with Crippen LogP contribution in [0.15, 0.2) is 24.3 Å². The lowest BCUT2D eigenvalue weighted by atomic mass is 9.91. The average Bonchev–Trinajstić information content (AvgIpc) is 2.38. The summed E-state index contributed by atoms with van der Waals surface area (Å²) in [6.07, 6.45) is 0.529. The van der Waals surface area contributed by atoms with Crippen LogP contribution in [-0.4, -0.2) is 23.1 Å². The molecule has 0 aliphatic rings. The van der Waals surface area contributed by atoms with Crippen molar-refractivity contribution in [3.8, 4) is 0 Å². The minimum Gasteiger partial charge on any atom is -0.481 e. The van der Waals surface area contributed by atoms with Crippen molar-refractivity contribution in [3.63, 3.8) is 0 Å². The van der Waals surface area contributed by atoms with Crippen molar-refractivity contribution < 1.29 is 14.7 Å². The Morgan fingerprint density at radius 2 is 1.71 bits per heavy atom. The molecule has 2 atom stereocenters. The molecule has 0 spiro atoms. The van der Waals surface area contributed by atoms with E-state index in [0.29, 0.717) is 12.1 Å². The average molecular weight is 292 g/mol. The van der Waals surface area contributed by atoms with E-state index in [0.717, 1.165) is 5.56 Å². The number of aliphatic carboxylic acids is 1. The maximum absolute atomic E-state index is 11.9. The molecular weight excluding hydrogens is 268 g/mol. The second kappa shape index (κ2) is 7.67. The molecule has 21 heavy (non-hydrogen) atoms. The maximum Gasteiger partial charge on any atom is 0.319 e. The van der Waals surface area contributed by atoms with E-state index in [2.05, 4.69) is 10.6 Å². The zero-order valence-corrected chi connectivity index (χ0v) is 13.0. The molecule has 5 nitrogen and oxygen atoms in total. The summed E-state index contributed by atoms with van der Waals surface area (Å²) in [5.41, 5.74) is 1.79. The second-order valence-corrected chi connectivity index (χ2v) is 5.83. The molecule has 0 aromatic heterocycles. The Morgan fingerprint density at radius 3 is 2.19 bits per heavy atom. The van der Waals surface area contributed by atoms with E-state index in [-0.39, 0.29) is 11.9 Å². The van der Waals surface area contributed by atoms with Crippen molar-refractivity contribution >= 4 is 17.7 Å². The number of carboxylic acids is 1. The normalized spacial score (nSPS) is 13.6. The molecule has 0 aliphatic heterocycles. The second-order valence-electron chi connectivity index (χ2n) is 5.83. The number of nitrogens with one attached hydrogen (secondary N) is 2. The van der Waals surface area contributed by atoms with Gasteiger partial charge in [-0.2, -0.15) is 0 Å². The van der Waals surface area contributed by atoms with Gasteiger partial charge in [-0.05, 0) is 38.3 Å². The number of amides is 2. The summed E-state index contributed by atoms with van der Waals surface area (Å²) in [5.74, 6) is -1.21. The van der Waals surface area contributed by atoms with Gasteiger partial charge in [0.05, 0.1) is 5.92 Å². The van der Waals surface area contributed by atoms with Crippen LogP contribution < -0.4 is 10.6 Å². The first-order valence-corrected chi connectivity index (χ1v) is 7.16. The summed E-state index contributed by atoms with van der Waals surface area (Å²) in [4.78, 5) is 23.2. The third kappa shape index (κ3) is 5.85. The molecule has 1 aromatic rings. The number of aryl methyl sites for hydroxylation is 1. The van der Waals surface area contributed by atoms with E-state index in [4.69, 9.17) is 0 Å². The van der Waals surface area contributed by atoms with Crippen LogP contribution in [0, 0.1) is 18.8 Å². The first kappa shape index (κ1) is 17.0. The molecule has 5 heteroatoms. The minimum absolute atomic E-state index is 0.260. The van der Waals surface area contributed by atoms with Crippen LogP contribution in [0.25, 0.3) is 0 Å². The number of rotatable bonds is 6. The predicted octanol–water partition coefficient (Wildman–Crippen LogP) is 3.25. The summed E-state index contributed by atoms with van der Waals surface area (Å²) in [5, 5.41) is 14.7.